The number of amides is 2. The van der Waals surface area contributed by atoms with Gasteiger partial charge >= 0.3 is 12.0 Å². The van der Waals surface area contributed by atoms with Gasteiger partial charge in [0.1, 0.15) is 0 Å². The van der Waals surface area contributed by atoms with Crippen LogP contribution in [-0.2, 0) is 10.2 Å². The molecule has 0 spiro atoms. The molecule has 2 rings (SSSR count). The lowest BCUT2D eigenvalue weighted by Crippen LogP contribution is -2.51. The molecule has 2 amide bonds. The number of nitrogens with one attached hydrogen (secondary N) is 1. The van der Waals surface area contributed by atoms with Crippen LogP contribution < -0.4 is 5.32 Å². The predicted octanol–water partition coefficient (Wildman–Crippen LogP) is 3.25. The van der Waals surface area contributed by atoms with Crippen LogP contribution in [0.2, 0.25) is 0 Å². The van der Waals surface area contributed by atoms with Gasteiger partial charge in [-0.1, -0.05) is 51.1 Å². The van der Waals surface area contributed by atoms with Crippen LogP contribution in [0.25, 0.3) is 0 Å². The minimum atomic E-state index is -0.839. The number of hydrogen-bond donors (Lipinski definition) is 2. The Bertz CT molecular complexity index is 600. The molecule has 0 aromatic heterocycles. The van der Waals surface area contributed by atoms with Crippen molar-refractivity contribution in [1.29, 1.82) is 0 Å². The first kappa shape index (κ1) is 18.3. The molecule has 132 valence electrons. The summed E-state index contributed by atoms with van der Waals surface area (Å²) in [6.45, 7) is 8.76. The Labute approximate surface area is 144 Å². The average molecular weight is 332 g/mol. The molecule has 1 heterocycles. The molecule has 1 saturated heterocycles. The quantitative estimate of drug-likeness (QED) is 0.869. The van der Waals surface area contributed by atoms with Crippen molar-refractivity contribution < 1.29 is 14.7 Å². The summed E-state index contributed by atoms with van der Waals surface area (Å²) in [5.74, 6) is -0.838. The summed E-state index contributed by atoms with van der Waals surface area (Å²) < 4.78 is 0. The van der Waals surface area contributed by atoms with Crippen LogP contribution >= 0.6 is 0 Å². The Hall–Kier alpha value is -2.04. The fraction of sp³-hybridized carbons (Fsp3) is 0.579. The molecule has 5 nitrogen and oxygen atoms in total. The van der Waals surface area contributed by atoms with Crippen molar-refractivity contribution in [3.63, 3.8) is 0 Å². The maximum atomic E-state index is 12.6. The second kappa shape index (κ2) is 6.83. The van der Waals surface area contributed by atoms with Crippen molar-refractivity contribution in [2.75, 3.05) is 13.1 Å². The molecule has 0 aliphatic carbocycles. The number of rotatable bonds is 5. The van der Waals surface area contributed by atoms with E-state index in [9.17, 15) is 14.7 Å². The zero-order valence-electron chi connectivity index (χ0n) is 15.0. The first-order valence-electron chi connectivity index (χ1n) is 8.55. The lowest BCUT2D eigenvalue weighted by atomic mass is 9.76. The van der Waals surface area contributed by atoms with Gasteiger partial charge in [-0.3, -0.25) is 4.79 Å². The molecule has 24 heavy (non-hydrogen) atoms. The minimum Gasteiger partial charge on any atom is -0.481 e. The van der Waals surface area contributed by atoms with E-state index in [0.717, 1.165) is 6.42 Å². The molecule has 1 aliphatic heterocycles. The second-order valence-corrected chi connectivity index (χ2v) is 7.54. The molecule has 1 aromatic carbocycles. The first-order chi connectivity index (χ1) is 11.2. The van der Waals surface area contributed by atoms with Crippen molar-refractivity contribution in [2.24, 2.45) is 5.41 Å². The van der Waals surface area contributed by atoms with Gasteiger partial charge in [-0.05, 0) is 25.3 Å². The van der Waals surface area contributed by atoms with E-state index in [0.29, 0.717) is 13.0 Å². The van der Waals surface area contributed by atoms with Gasteiger partial charge in [-0.15, -0.1) is 0 Å². The third kappa shape index (κ3) is 3.55. The molecule has 1 aromatic rings. The lowest BCUT2D eigenvalue weighted by molar-refractivity contribution is -0.147. The SMILES string of the molecule is CCC(NC(=O)N1CCC(C)(C(=O)O)C1)C(C)(C)c1ccccc1. The maximum Gasteiger partial charge on any atom is 0.317 e. The summed E-state index contributed by atoms with van der Waals surface area (Å²) >= 11 is 0. The molecule has 0 bridgehead atoms. The van der Waals surface area contributed by atoms with E-state index in [1.165, 1.54) is 5.56 Å². The van der Waals surface area contributed by atoms with Gasteiger partial charge in [0, 0.05) is 24.5 Å². The molecule has 1 aliphatic rings. The molecular weight excluding hydrogens is 304 g/mol. The van der Waals surface area contributed by atoms with Crippen molar-refractivity contribution in [3.8, 4) is 0 Å². The van der Waals surface area contributed by atoms with E-state index in [4.69, 9.17) is 0 Å². The van der Waals surface area contributed by atoms with Crippen LogP contribution in [0.3, 0.4) is 0 Å². The number of nitrogens with zero attached hydrogens (tertiary/aromatic N) is 1. The smallest absolute Gasteiger partial charge is 0.317 e. The highest BCUT2D eigenvalue weighted by Gasteiger charge is 2.43. The summed E-state index contributed by atoms with van der Waals surface area (Å²) in [6.07, 6.45) is 1.30. The van der Waals surface area contributed by atoms with E-state index in [1.54, 1.807) is 11.8 Å². The average Bonchev–Trinajstić information content (AvgIpc) is 2.97. The molecular formula is C19H28N2O3. The standard InChI is InChI=1S/C19H28N2O3/c1-5-15(18(2,3)14-9-7-6-8-10-14)20-17(24)21-12-11-19(4,13-21)16(22)23/h6-10,15H,5,11-13H2,1-4H3,(H,20,24)(H,22,23). The number of benzene rings is 1. The Morgan fingerprint density at radius 3 is 2.46 bits per heavy atom. The van der Waals surface area contributed by atoms with Gasteiger partial charge in [-0.25, -0.2) is 4.79 Å². The normalized spacial score (nSPS) is 22.2. The molecule has 1 fully saturated rings. The van der Waals surface area contributed by atoms with Crippen LogP contribution in [0.5, 0.6) is 0 Å². The number of aliphatic carboxylic acids is 1. The molecule has 2 N–H and O–H groups in total. The zero-order chi connectivity index (χ0) is 18.0. The molecule has 0 radical (unpaired) electrons. The van der Waals surface area contributed by atoms with Crippen LogP contribution in [0.15, 0.2) is 30.3 Å². The van der Waals surface area contributed by atoms with Gasteiger partial charge in [0.2, 0.25) is 0 Å². The highest BCUT2D eigenvalue weighted by Crippen LogP contribution is 2.32. The second-order valence-electron chi connectivity index (χ2n) is 7.54. The molecule has 2 unspecified atom stereocenters. The third-order valence-corrected chi connectivity index (χ3v) is 5.37. The molecule has 5 heteroatoms. The Morgan fingerprint density at radius 1 is 1.33 bits per heavy atom. The van der Waals surface area contributed by atoms with Crippen LogP contribution in [-0.4, -0.2) is 41.1 Å². The third-order valence-electron chi connectivity index (χ3n) is 5.37. The monoisotopic (exact) mass is 332 g/mol. The van der Waals surface area contributed by atoms with Gasteiger partial charge in [0.25, 0.3) is 0 Å². The van der Waals surface area contributed by atoms with Gasteiger partial charge in [0.05, 0.1) is 5.41 Å². The van der Waals surface area contributed by atoms with Gasteiger partial charge < -0.3 is 15.3 Å². The molecule has 2 atom stereocenters. The number of carbonyl (C=O) groups is 2. The summed E-state index contributed by atoms with van der Waals surface area (Å²) in [5, 5.41) is 12.4. The maximum absolute atomic E-state index is 12.6. The van der Waals surface area contributed by atoms with E-state index in [2.05, 4.69) is 38.2 Å². The Kier molecular flexibility index (Phi) is 5.21. The Balaban J connectivity index is 2.08. The topological polar surface area (TPSA) is 69.6 Å². The zero-order valence-corrected chi connectivity index (χ0v) is 15.0. The van der Waals surface area contributed by atoms with Crippen LogP contribution in [0.1, 0.15) is 46.1 Å². The van der Waals surface area contributed by atoms with Gasteiger partial charge in [0.15, 0.2) is 0 Å². The lowest BCUT2D eigenvalue weighted by Gasteiger charge is -2.36. The fourth-order valence-electron chi connectivity index (χ4n) is 3.41. The number of likely N-dealkylation sites (tertiary alicyclic amines) is 1. The van der Waals surface area contributed by atoms with Crippen LogP contribution in [0.4, 0.5) is 4.79 Å². The summed E-state index contributed by atoms with van der Waals surface area (Å²) in [5.41, 5.74) is 0.129. The van der Waals surface area contributed by atoms with Crippen molar-refractivity contribution in [1.82, 2.24) is 10.2 Å². The highest BCUT2D eigenvalue weighted by atomic mass is 16.4. The predicted molar refractivity (Wildman–Crippen MR) is 94.0 cm³/mol. The summed E-state index contributed by atoms with van der Waals surface area (Å²) in [7, 11) is 0. The van der Waals surface area contributed by atoms with E-state index < -0.39 is 11.4 Å². The number of carboxylic acid groups (broad SMARTS) is 1. The summed E-state index contributed by atoms with van der Waals surface area (Å²) in [6, 6.07) is 9.95. The van der Waals surface area contributed by atoms with E-state index in [1.807, 2.05) is 18.2 Å². The number of hydrogen-bond acceptors (Lipinski definition) is 2. The highest BCUT2D eigenvalue weighted by molar-refractivity contribution is 5.79. The number of urea groups is 1. The first-order valence-corrected chi connectivity index (χ1v) is 8.55. The number of carboxylic acids is 1. The summed E-state index contributed by atoms with van der Waals surface area (Å²) in [4.78, 5) is 25.6. The van der Waals surface area contributed by atoms with E-state index in [-0.39, 0.29) is 24.0 Å². The minimum absolute atomic E-state index is 0.0240. The largest absolute Gasteiger partial charge is 0.481 e. The number of carbonyl (C=O) groups excluding carboxylic acids is 1. The molecule has 0 saturated carbocycles. The van der Waals surface area contributed by atoms with Gasteiger partial charge in [-0.2, -0.15) is 0 Å². The van der Waals surface area contributed by atoms with Crippen molar-refractivity contribution >= 4 is 12.0 Å². The van der Waals surface area contributed by atoms with E-state index >= 15 is 0 Å². The van der Waals surface area contributed by atoms with Crippen molar-refractivity contribution in [3.05, 3.63) is 35.9 Å². The Morgan fingerprint density at radius 2 is 1.96 bits per heavy atom. The fourth-order valence-corrected chi connectivity index (χ4v) is 3.41. The van der Waals surface area contributed by atoms with Crippen molar-refractivity contribution in [2.45, 2.75) is 52.0 Å². The van der Waals surface area contributed by atoms with Crippen LogP contribution in [0, 0.1) is 5.41 Å².